The van der Waals surface area contributed by atoms with Crippen molar-refractivity contribution < 1.29 is 14.6 Å². The van der Waals surface area contributed by atoms with Crippen LogP contribution in [0, 0.1) is 0 Å². The van der Waals surface area contributed by atoms with Crippen molar-refractivity contribution in [1.29, 1.82) is 0 Å². The molecule has 0 heterocycles. The molecule has 1 aromatic rings. The highest BCUT2D eigenvalue weighted by Gasteiger charge is 2.11. The van der Waals surface area contributed by atoms with E-state index < -0.39 is 0 Å². The zero-order chi connectivity index (χ0) is 16.9. The largest absolute Gasteiger partial charge is 0.508 e. The van der Waals surface area contributed by atoms with Crippen molar-refractivity contribution >= 4 is 5.97 Å². The molecule has 3 nitrogen and oxygen atoms in total. The van der Waals surface area contributed by atoms with Gasteiger partial charge in [-0.25, -0.2) is 0 Å². The molecule has 1 N–H and O–H groups in total. The Morgan fingerprint density at radius 2 is 1.48 bits per heavy atom. The maximum atomic E-state index is 11.8. The molecule has 0 fully saturated rings. The maximum absolute atomic E-state index is 11.8. The number of aromatic hydroxyl groups is 1. The first-order valence-electron chi connectivity index (χ1n) is 9.12. The summed E-state index contributed by atoms with van der Waals surface area (Å²) in [7, 11) is 0. The average molecular weight is 320 g/mol. The monoisotopic (exact) mass is 320 g/mol. The van der Waals surface area contributed by atoms with Gasteiger partial charge < -0.3 is 9.84 Å². The predicted octanol–water partition coefficient (Wildman–Crippen LogP) is 5.92. The lowest BCUT2D eigenvalue weighted by molar-refractivity contribution is -0.148. The summed E-state index contributed by atoms with van der Waals surface area (Å²) >= 11 is 0. The Hall–Kier alpha value is -1.51. The number of hydrogen-bond donors (Lipinski definition) is 1. The zero-order valence-corrected chi connectivity index (χ0v) is 14.7. The number of esters is 1. The zero-order valence-electron chi connectivity index (χ0n) is 14.7. The summed E-state index contributed by atoms with van der Waals surface area (Å²) in [5.74, 6) is 0.0930. The highest BCUT2D eigenvalue weighted by Crippen LogP contribution is 2.20. The van der Waals surface area contributed by atoms with E-state index in [1.165, 1.54) is 44.9 Å². The third-order valence-corrected chi connectivity index (χ3v) is 4.16. The first-order chi connectivity index (χ1) is 11.1. The molecule has 0 saturated heterocycles. The molecule has 0 aliphatic heterocycles. The molecule has 130 valence electrons. The number of phenolic OH excluding ortho intramolecular Hbond substituents is 1. The van der Waals surface area contributed by atoms with E-state index in [9.17, 15) is 9.90 Å². The molecule has 0 aromatic heterocycles. The number of carbonyl (C=O) groups is 1. The highest BCUT2D eigenvalue weighted by atomic mass is 16.5. The van der Waals surface area contributed by atoms with Gasteiger partial charge in [-0.15, -0.1) is 0 Å². The van der Waals surface area contributed by atoms with Crippen molar-refractivity contribution in [3.63, 3.8) is 0 Å². The molecule has 0 amide bonds. The summed E-state index contributed by atoms with van der Waals surface area (Å²) in [6.07, 6.45) is 11.4. The van der Waals surface area contributed by atoms with Gasteiger partial charge in [0.05, 0.1) is 0 Å². The Balaban J connectivity index is 2.04. The number of unbranched alkanes of at least 4 members (excludes halogenated alkanes) is 8. The van der Waals surface area contributed by atoms with Crippen LogP contribution in [0.15, 0.2) is 24.3 Å². The second kappa shape index (κ2) is 12.0. The molecule has 0 spiro atoms. The van der Waals surface area contributed by atoms with Crippen LogP contribution in [-0.4, -0.2) is 11.1 Å². The van der Waals surface area contributed by atoms with Gasteiger partial charge in [0.1, 0.15) is 11.9 Å². The Morgan fingerprint density at radius 1 is 0.957 bits per heavy atom. The molecule has 1 atom stereocenters. The third kappa shape index (κ3) is 9.27. The molecule has 0 radical (unpaired) electrons. The molecular formula is C20H32O3. The lowest BCUT2D eigenvalue weighted by atomic mass is 10.1. The van der Waals surface area contributed by atoms with Gasteiger partial charge in [-0.2, -0.15) is 0 Å². The number of hydrogen-bond acceptors (Lipinski definition) is 3. The minimum Gasteiger partial charge on any atom is -0.508 e. The van der Waals surface area contributed by atoms with Gasteiger partial charge in [-0.3, -0.25) is 4.79 Å². The van der Waals surface area contributed by atoms with E-state index in [0.29, 0.717) is 6.42 Å². The number of benzene rings is 1. The summed E-state index contributed by atoms with van der Waals surface area (Å²) in [6.45, 7) is 4.10. The van der Waals surface area contributed by atoms with Gasteiger partial charge in [-0.1, -0.05) is 70.4 Å². The van der Waals surface area contributed by atoms with Crippen LogP contribution in [0.1, 0.15) is 89.7 Å². The van der Waals surface area contributed by atoms with Crippen molar-refractivity contribution in [3.05, 3.63) is 29.8 Å². The standard InChI is InChI=1S/C20H32O3/c1-3-4-5-6-7-8-9-10-11-12-20(22)23-17(2)18-13-15-19(21)16-14-18/h13-17,21H,3-12H2,1-2H3. The topological polar surface area (TPSA) is 46.5 Å². The van der Waals surface area contributed by atoms with E-state index in [1.54, 1.807) is 24.3 Å². The lowest BCUT2D eigenvalue weighted by Crippen LogP contribution is -2.08. The number of phenols is 1. The number of ether oxygens (including phenoxy) is 1. The molecule has 1 rings (SSSR count). The molecular weight excluding hydrogens is 288 g/mol. The minimum absolute atomic E-state index is 0.131. The van der Waals surface area contributed by atoms with E-state index in [-0.39, 0.29) is 17.8 Å². The van der Waals surface area contributed by atoms with Crippen LogP contribution in [-0.2, 0) is 9.53 Å². The van der Waals surface area contributed by atoms with Crippen LogP contribution in [0.4, 0.5) is 0 Å². The van der Waals surface area contributed by atoms with E-state index in [1.807, 2.05) is 6.92 Å². The SMILES string of the molecule is CCCCCCCCCCCC(=O)OC(C)c1ccc(O)cc1. The smallest absolute Gasteiger partial charge is 0.306 e. The molecule has 23 heavy (non-hydrogen) atoms. The van der Waals surface area contributed by atoms with Gasteiger partial charge in [0, 0.05) is 6.42 Å². The van der Waals surface area contributed by atoms with E-state index in [2.05, 4.69) is 6.92 Å². The second-order valence-electron chi connectivity index (χ2n) is 6.30. The average Bonchev–Trinajstić information content (AvgIpc) is 2.54. The molecule has 0 aliphatic rings. The quantitative estimate of drug-likeness (QED) is 0.384. The van der Waals surface area contributed by atoms with Crippen LogP contribution >= 0.6 is 0 Å². The van der Waals surface area contributed by atoms with Crippen LogP contribution in [0.2, 0.25) is 0 Å². The molecule has 0 aliphatic carbocycles. The fraction of sp³-hybridized carbons (Fsp3) is 0.650. The summed E-state index contributed by atoms with van der Waals surface area (Å²) in [5, 5.41) is 9.26. The Labute approximate surface area is 141 Å². The number of carbonyl (C=O) groups excluding carboxylic acids is 1. The van der Waals surface area contributed by atoms with Gasteiger partial charge in [0.2, 0.25) is 0 Å². The summed E-state index contributed by atoms with van der Waals surface area (Å²) in [6, 6.07) is 6.79. The van der Waals surface area contributed by atoms with Crippen LogP contribution in [0.5, 0.6) is 5.75 Å². The summed E-state index contributed by atoms with van der Waals surface area (Å²) < 4.78 is 5.43. The normalized spacial score (nSPS) is 12.1. The first-order valence-corrected chi connectivity index (χ1v) is 9.12. The second-order valence-corrected chi connectivity index (χ2v) is 6.30. The minimum atomic E-state index is -0.262. The Morgan fingerprint density at radius 3 is 2.04 bits per heavy atom. The molecule has 1 unspecified atom stereocenters. The van der Waals surface area contributed by atoms with Crippen molar-refractivity contribution in [2.75, 3.05) is 0 Å². The number of rotatable bonds is 12. The van der Waals surface area contributed by atoms with Crippen LogP contribution in [0.25, 0.3) is 0 Å². The van der Waals surface area contributed by atoms with E-state index >= 15 is 0 Å². The lowest BCUT2D eigenvalue weighted by Gasteiger charge is -2.13. The van der Waals surface area contributed by atoms with Gasteiger partial charge >= 0.3 is 5.97 Å². The van der Waals surface area contributed by atoms with Gasteiger partial charge in [-0.05, 0) is 31.0 Å². The van der Waals surface area contributed by atoms with Crippen molar-refractivity contribution in [2.45, 2.75) is 84.2 Å². The third-order valence-electron chi connectivity index (χ3n) is 4.16. The first kappa shape index (κ1) is 19.5. The molecule has 0 saturated carbocycles. The Kier molecular flexibility index (Phi) is 10.2. The predicted molar refractivity (Wildman–Crippen MR) is 94.5 cm³/mol. The maximum Gasteiger partial charge on any atom is 0.306 e. The van der Waals surface area contributed by atoms with Crippen molar-refractivity contribution in [2.24, 2.45) is 0 Å². The fourth-order valence-corrected chi connectivity index (χ4v) is 2.65. The van der Waals surface area contributed by atoms with E-state index in [4.69, 9.17) is 4.74 Å². The van der Waals surface area contributed by atoms with Crippen LogP contribution < -0.4 is 0 Å². The fourth-order valence-electron chi connectivity index (χ4n) is 2.65. The van der Waals surface area contributed by atoms with Crippen LogP contribution in [0.3, 0.4) is 0 Å². The molecule has 3 heteroatoms. The summed E-state index contributed by atoms with van der Waals surface area (Å²) in [4.78, 5) is 11.8. The summed E-state index contributed by atoms with van der Waals surface area (Å²) in [5.41, 5.74) is 0.906. The van der Waals surface area contributed by atoms with Crippen molar-refractivity contribution in [3.8, 4) is 5.75 Å². The highest BCUT2D eigenvalue weighted by molar-refractivity contribution is 5.69. The molecule has 1 aromatic carbocycles. The Bertz CT molecular complexity index is 425. The van der Waals surface area contributed by atoms with Gasteiger partial charge in [0.15, 0.2) is 0 Å². The van der Waals surface area contributed by atoms with Gasteiger partial charge in [0.25, 0.3) is 0 Å². The van der Waals surface area contributed by atoms with E-state index in [0.717, 1.165) is 18.4 Å². The molecule has 0 bridgehead atoms. The van der Waals surface area contributed by atoms with Crippen molar-refractivity contribution in [1.82, 2.24) is 0 Å².